The van der Waals surface area contributed by atoms with Crippen LogP contribution in [-0.2, 0) is 12.9 Å². The van der Waals surface area contributed by atoms with Crippen molar-refractivity contribution in [2.45, 2.75) is 13.8 Å². The summed E-state index contributed by atoms with van der Waals surface area (Å²) < 4.78 is 31.2. The van der Waals surface area contributed by atoms with Crippen molar-refractivity contribution in [2.24, 2.45) is 0 Å². The molecule has 0 saturated heterocycles. The van der Waals surface area contributed by atoms with E-state index in [-0.39, 0.29) is 6.01 Å². The molecule has 0 aliphatic carbocycles. The molecule has 1 rings (SSSR count). The molecule has 1 aromatic rings. The highest BCUT2D eigenvalue weighted by molar-refractivity contribution is 8.87. The number of hydrogen-bond donors (Lipinski definition) is 0. The lowest BCUT2D eigenvalue weighted by molar-refractivity contribution is 0.396. The molecule has 0 N–H and O–H groups in total. The molecule has 1 heterocycles. The van der Waals surface area contributed by atoms with Gasteiger partial charge >= 0.3 is 11.8 Å². The van der Waals surface area contributed by atoms with Gasteiger partial charge < -0.3 is 12.9 Å². The Hall–Kier alpha value is 0.210. The topological polar surface area (TPSA) is 70.5 Å². The fourth-order valence-electron chi connectivity index (χ4n) is 0.578. The molecular formula is C6H11N2O4PS3. The van der Waals surface area contributed by atoms with Gasteiger partial charge in [0.05, 0.1) is 13.2 Å². The Kier molecular flexibility index (Phi) is 6.71. The zero-order valence-electron chi connectivity index (χ0n) is 8.69. The van der Waals surface area contributed by atoms with Crippen molar-refractivity contribution >= 4 is 40.6 Å². The van der Waals surface area contributed by atoms with E-state index in [4.69, 9.17) is 12.9 Å². The van der Waals surface area contributed by atoms with Crippen molar-refractivity contribution in [2.75, 3.05) is 13.2 Å². The monoisotopic (exact) mass is 302 g/mol. The van der Waals surface area contributed by atoms with Crippen molar-refractivity contribution in [1.82, 2.24) is 9.36 Å². The minimum Gasteiger partial charge on any atom is -0.391 e. The normalized spacial score (nSPS) is 11.6. The van der Waals surface area contributed by atoms with E-state index in [0.29, 0.717) is 13.2 Å². The Morgan fingerprint density at radius 1 is 1.38 bits per heavy atom. The Labute approximate surface area is 106 Å². The lowest BCUT2D eigenvalue weighted by Gasteiger charge is -2.12. The predicted octanol–water partition coefficient (Wildman–Crippen LogP) is 3.39. The fraction of sp³-hybridized carbons (Fsp3) is 0.667. The van der Waals surface area contributed by atoms with Crippen molar-refractivity contribution < 1.29 is 17.5 Å². The summed E-state index contributed by atoms with van der Waals surface area (Å²) in [6.45, 7) is 4.44. The zero-order valence-corrected chi connectivity index (χ0v) is 12.0. The fourth-order valence-corrected chi connectivity index (χ4v) is 4.90. The highest BCUT2D eigenvalue weighted by Gasteiger charge is 2.31. The Morgan fingerprint density at radius 2 is 2.00 bits per heavy atom. The minimum atomic E-state index is -3.17. The zero-order chi connectivity index (χ0) is 11.9. The first-order valence-corrected chi connectivity index (χ1v) is 9.54. The number of rotatable bonds is 8. The van der Waals surface area contributed by atoms with Gasteiger partial charge in [0.25, 0.3) is 0 Å². The highest BCUT2D eigenvalue weighted by Crippen LogP contribution is 2.69. The second kappa shape index (κ2) is 7.52. The molecule has 0 fully saturated rings. The minimum absolute atomic E-state index is 0.0766. The molecule has 0 radical (unpaired) electrons. The van der Waals surface area contributed by atoms with Crippen molar-refractivity contribution in [3.05, 3.63) is 5.51 Å². The summed E-state index contributed by atoms with van der Waals surface area (Å²) in [6, 6.07) is 0.0766. The second-order valence-corrected chi connectivity index (χ2v) is 9.14. The van der Waals surface area contributed by atoms with Gasteiger partial charge in [-0.05, 0) is 25.4 Å². The van der Waals surface area contributed by atoms with Gasteiger partial charge in [0.1, 0.15) is 28.8 Å². The third kappa shape index (κ3) is 5.03. The molecule has 0 aromatic carbocycles. The lowest BCUT2D eigenvalue weighted by Crippen LogP contribution is -1.91. The van der Waals surface area contributed by atoms with Crippen LogP contribution >= 0.6 is 40.6 Å². The smallest absolute Gasteiger partial charge is 0.391 e. The number of aromatic nitrogens is 2. The maximum atomic E-state index is 12.2. The van der Waals surface area contributed by atoms with E-state index in [2.05, 4.69) is 9.36 Å². The van der Waals surface area contributed by atoms with Crippen LogP contribution < -0.4 is 4.52 Å². The summed E-state index contributed by atoms with van der Waals surface area (Å²) in [5.41, 5.74) is 1.50. The van der Waals surface area contributed by atoms with Gasteiger partial charge in [-0.2, -0.15) is 4.98 Å². The molecule has 0 atom stereocenters. The molecular weight excluding hydrogens is 291 g/mol. The first-order chi connectivity index (χ1) is 7.70. The lowest BCUT2D eigenvalue weighted by atomic mass is 10.9. The maximum Gasteiger partial charge on any atom is 0.414 e. The molecule has 0 unspecified atom stereocenters. The highest BCUT2D eigenvalue weighted by atomic mass is 33.1. The molecule has 0 aliphatic rings. The Bertz CT molecular complexity index is 325. The number of hydrogen-bond acceptors (Lipinski definition) is 9. The van der Waals surface area contributed by atoms with Gasteiger partial charge in [-0.25, -0.2) is 4.57 Å². The third-order valence-electron chi connectivity index (χ3n) is 1.06. The van der Waals surface area contributed by atoms with E-state index in [9.17, 15) is 4.57 Å². The largest absolute Gasteiger partial charge is 0.414 e. The molecule has 0 amide bonds. The van der Waals surface area contributed by atoms with Crippen LogP contribution in [0.2, 0.25) is 0 Å². The van der Waals surface area contributed by atoms with E-state index < -0.39 is 5.77 Å². The summed E-state index contributed by atoms with van der Waals surface area (Å²) in [5.74, 6) is -3.17. The summed E-state index contributed by atoms with van der Waals surface area (Å²) >= 11 is 2.64. The predicted molar refractivity (Wildman–Crippen MR) is 66.6 cm³/mol. The average molecular weight is 302 g/mol. The van der Waals surface area contributed by atoms with Crippen LogP contribution in [0.1, 0.15) is 13.8 Å². The first-order valence-electron chi connectivity index (χ1n) is 4.38. The molecule has 0 aliphatic heterocycles. The molecule has 92 valence electrons. The maximum absolute atomic E-state index is 12.2. The van der Waals surface area contributed by atoms with Gasteiger partial charge in [0.15, 0.2) is 0 Å². The van der Waals surface area contributed by atoms with Crippen LogP contribution in [0.25, 0.3) is 0 Å². The van der Waals surface area contributed by atoms with Crippen LogP contribution in [0.5, 0.6) is 6.01 Å². The summed E-state index contributed by atoms with van der Waals surface area (Å²) in [4.78, 5) is 3.79. The number of nitrogens with zero attached hydrogens (tertiary/aromatic N) is 2. The van der Waals surface area contributed by atoms with Crippen LogP contribution in [0.15, 0.2) is 5.51 Å². The van der Waals surface area contributed by atoms with Crippen LogP contribution in [-0.4, -0.2) is 22.6 Å². The van der Waals surface area contributed by atoms with Crippen molar-refractivity contribution in [1.29, 1.82) is 0 Å². The van der Waals surface area contributed by atoms with E-state index in [1.165, 1.54) is 5.51 Å². The standard InChI is InChI=1S/C6H11N2O4PS3/c1-3-10-15-13(9,16-11-4-2)12-6-7-5-14-8-6/h5H,3-4H2,1-2H3. The molecule has 6 nitrogen and oxygen atoms in total. The van der Waals surface area contributed by atoms with E-state index in [1.54, 1.807) is 13.8 Å². The molecule has 16 heavy (non-hydrogen) atoms. The summed E-state index contributed by atoms with van der Waals surface area (Å²) in [5, 5.41) is 0. The van der Waals surface area contributed by atoms with Gasteiger partial charge in [0, 0.05) is 0 Å². The molecule has 0 saturated carbocycles. The molecule has 10 heteroatoms. The summed E-state index contributed by atoms with van der Waals surface area (Å²) in [7, 11) is 0. The first kappa shape index (κ1) is 14.3. The van der Waals surface area contributed by atoms with Crippen LogP contribution in [0, 0.1) is 0 Å². The third-order valence-corrected chi connectivity index (χ3v) is 6.22. The van der Waals surface area contributed by atoms with E-state index in [1.807, 2.05) is 0 Å². The second-order valence-electron chi connectivity index (χ2n) is 2.21. The SMILES string of the molecule is CCOSP(=O)(Oc1ncsn1)SOCC. The van der Waals surface area contributed by atoms with Crippen LogP contribution in [0.3, 0.4) is 0 Å². The Morgan fingerprint density at radius 3 is 2.44 bits per heavy atom. The van der Waals surface area contributed by atoms with Gasteiger partial charge in [0.2, 0.25) is 0 Å². The van der Waals surface area contributed by atoms with Gasteiger partial charge in [-0.3, -0.25) is 0 Å². The quantitative estimate of drug-likeness (QED) is 0.534. The molecule has 1 aromatic heterocycles. The van der Waals surface area contributed by atoms with Crippen molar-refractivity contribution in [3.63, 3.8) is 0 Å². The average Bonchev–Trinajstić information content (AvgIpc) is 2.76. The van der Waals surface area contributed by atoms with E-state index in [0.717, 1.165) is 34.9 Å². The summed E-state index contributed by atoms with van der Waals surface area (Å²) in [6.07, 6.45) is 0. The van der Waals surface area contributed by atoms with Crippen molar-refractivity contribution in [3.8, 4) is 6.01 Å². The van der Waals surface area contributed by atoms with Gasteiger partial charge in [-0.1, -0.05) is 0 Å². The van der Waals surface area contributed by atoms with E-state index >= 15 is 0 Å². The molecule has 0 bridgehead atoms. The molecule has 0 spiro atoms. The Balaban J connectivity index is 2.58. The van der Waals surface area contributed by atoms with Gasteiger partial charge in [-0.15, -0.1) is 4.37 Å². The van der Waals surface area contributed by atoms with Crippen LogP contribution in [0.4, 0.5) is 0 Å².